The van der Waals surface area contributed by atoms with Gasteiger partial charge in [-0.1, -0.05) is 6.07 Å². The molecule has 1 aromatic carbocycles. The Hall–Kier alpha value is -1.88. The van der Waals surface area contributed by atoms with E-state index in [1.807, 2.05) is 6.92 Å². The minimum atomic E-state index is -0.164. The van der Waals surface area contributed by atoms with Gasteiger partial charge in [-0.3, -0.25) is 9.36 Å². The number of hydrogen-bond donors (Lipinski definition) is 2. The number of phenols is 1. The number of hydrogen-bond acceptors (Lipinski definition) is 4. The number of nitrogens with zero attached hydrogens (tertiary/aromatic N) is 2. The van der Waals surface area contributed by atoms with E-state index in [1.54, 1.807) is 19.2 Å². The van der Waals surface area contributed by atoms with Crippen LogP contribution in [0.1, 0.15) is 13.1 Å². The molecule has 0 aliphatic carbocycles. The second-order valence-corrected chi connectivity index (χ2v) is 3.59. The SMILES string of the molecule is CNC(C)n1cnc2c(O)cccc2c1=O. The van der Waals surface area contributed by atoms with Crippen molar-refractivity contribution < 1.29 is 5.11 Å². The Kier molecular flexibility index (Phi) is 2.62. The van der Waals surface area contributed by atoms with E-state index in [0.29, 0.717) is 10.9 Å². The summed E-state index contributed by atoms with van der Waals surface area (Å²) >= 11 is 0. The monoisotopic (exact) mass is 219 g/mol. The van der Waals surface area contributed by atoms with Crippen LogP contribution in [0.4, 0.5) is 0 Å². The number of fused-ring (bicyclic) bond motifs is 1. The molecule has 16 heavy (non-hydrogen) atoms. The molecule has 2 N–H and O–H groups in total. The van der Waals surface area contributed by atoms with E-state index in [0.717, 1.165) is 0 Å². The molecule has 0 amide bonds. The van der Waals surface area contributed by atoms with Crippen molar-refractivity contribution in [2.24, 2.45) is 0 Å². The van der Waals surface area contributed by atoms with Crippen LogP contribution in [0.2, 0.25) is 0 Å². The zero-order valence-corrected chi connectivity index (χ0v) is 9.14. The fourth-order valence-corrected chi connectivity index (χ4v) is 1.57. The minimum absolute atomic E-state index is 0.0267. The van der Waals surface area contributed by atoms with Crippen LogP contribution < -0.4 is 10.9 Å². The smallest absolute Gasteiger partial charge is 0.262 e. The molecule has 0 fully saturated rings. The first-order valence-corrected chi connectivity index (χ1v) is 5.01. The van der Waals surface area contributed by atoms with Gasteiger partial charge in [0.25, 0.3) is 5.56 Å². The Balaban J connectivity index is 2.76. The van der Waals surface area contributed by atoms with Gasteiger partial charge in [0.2, 0.25) is 0 Å². The Morgan fingerprint density at radius 1 is 1.50 bits per heavy atom. The average molecular weight is 219 g/mol. The lowest BCUT2D eigenvalue weighted by Crippen LogP contribution is -2.30. The van der Waals surface area contributed by atoms with Crippen LogP contribution in [-0.4, -0.2) is 21.7 Å². The van der Waals surface area contributed by atoms with E-state index in [1.165, 1.54) is 17.0 Å². The minimum Gasteiger partial charge on any atom is -0.506 e. The number of benzene rings is 1. The van der Waals surface area contributed by atoms with Gasteiger partial charge < -0.3 is 10.4 Å². The van der Waals surface area contributed by atoms with Gasteiger partial charge in [0, 0.05) is 0 Å². The number of aromatic nitrogens is 2. The van der Waals surface area contributed by atoms with Crippen molar-refractivity contribution in [2.75, 3.05) is 7.05 Å². The molecule has 0 aliphatic rings. The molecule has 0 spiro atoms. The molecule has 0 radical (unpaired) electrons. The van der Waals surface area contributed by atoms with Crippen LogP contribution in [-0.2, 0) is 0 Å². The highest BCUT2D eigenvalue weighted by molar-refractivity contribution is 5.82. The van der Waals surface area contributed by atoms with Gasteiger partial charge in [0.15, 0.2) is 0 Å². The van der Waals surface area contributed by atoms with E-state index in [2.05, 4.69) is 10.3 Å². The second-order valence-electron chi connectivity index (χ2n) is 3.59. The Morgan fingerprint density at radius 3 is 2.94 bits per heavy atom. The first-order chi connectivity index (χ1) is 7.65. The van der Waals surface area contributed by atoms with Crippen LogP contribution in [0.3, 0.4) is 0 Å². The summed E-state index contributed by atoms with van der Waals surface area (Å²) in [6.07, 6.45) is 1.30. The van der Waals surface area contributed by atoms with Gasteiger partial charge in [-0.05, 0) is 26.1 Å². The summed E-state index contributed by atoms with van der Waals surface area (Å²) in [5.41, 5.74) is 0.176. The van der Waals surface area contributed by atoms with Crippen molar-refractivity contribution in [2.45, 2.75) is 13.1 Å². The van der Waals surface area contributed by atoms with Gasteiger partial charge in [-0.25, -0.2) is 4.98 Å². The predicted molar refractivity (Wildman–Crippen MR) is 61.4 cm³/mol. The van der Waals surface area contributed by atoms with E-state index in [-0.39, 0.29) is 17.5 Å². The van der Waals surface area contributed by atoms with Gasteiger partial charge in [-0.15, -0.1) is 0 Å². The number of nitrogens with one attached hydrogen (secondary N) is 1. The Labute approximate surface area is 92.4 Å². The molecule has 1 heterocycles. The highest BCUT2D eigenvalue weighted by atomic mass is 16.3. The van der Waals surface area contributed by atoms with Gasteiger partial charge >= 0.3 is 0 Å². The van der Waals surface area contributed by atoms with Crippen molar-refractivity contribution in [3.05, 3.63) is 34.9 Å². The lowest BCUT2D eigenvalue weighted by atomic mass is 10.2. The molecule has 84 valence electrons. The third-order valence-electron chi connectivity index (χ3n) is 2.63. The summed E-state index contributed by atoms with van der Waals surface area (Å²) in [5.74, 6) is 0.0267. The zero-order chi connectivity index (χ0) is 11.7. The first-order valence-electron chi connectivity index (χ1n) is 5.01. The van der Waals surface area contributed by atoms with Gasteiger partial charge in [0.05, 0.1) is 17.9 Å². The predicted octanol–water partition coefficient (Wildman–Crippen LogP) is 0.840. The summed E-state index contributed by atoms with van der Waals surface area (Å²) in [4.78, 5) is 16.1. The van der Waals surface area contributed by atoms with E-state index in [4.69, 9.17) is 0 Å². The standard InChI is InChI=1S/C11H13N3O2/c1-7(12-2)14-6-13-10-8(11(14)16)4-3-5-9(10)15/h3-7,12,15H,1-2H3. The molecule has 5 heteroatoms. The molecule has 2 rings (SSSR count). The maximum atomic E-state index is 12.1. The van der Waals surface area contributed by atoms with Crippen LogP contribution in [0.5, 0.6) is 5.75 Å². The quantitative estimate of drug-likeness (QED) is 0.785. The van der Waals surface area contributed by atoms with Crippen LogP contribution in [0, 0.1) is 0 Å². The fraction of sp³-hybridized carbons (Fsp3) is 0.273. The third-order valence-corrected chi connectivity index (χ3v) is 2.63. The summed E-state index contributed by atoms with van der Waals surface area (Å²) in [6, 6.07) is 4.80. The Morgan fingerprint density at radius 2 is 2.25 bits per heavy atom. The molecular weight excluding hydrogens is 206 g/mol. The van der Waals surface area contributed by atoms with Crippen LogP contribution >= 0.6 is 0 Å². The number of phenolic OH excluding ortho intramolecular Hbond substituents is 1. The maximum absolute atomic E-state index is 12.1. The topological polar surface area (TPSA) is 67.2 Å². The highest BCUT2D eigenvalue weighted by Crippen LogP contribution is 2.18. The lowest BCUT2D eigenvalue weighted by Gasteiger charge is -2.13. The second kappa shape index (κ2) is 3.94. The van der Waals surface area contributed by atoms with Crippen molar-refractivity contribution in [3.63, 3.8) is 0 Å². The van der Waals surface area contributed by atoms with Crippen LogP contribution in [0.25, 0.3) is 10.9 Å². The highest BCUT2D eigenvalue weighted by Gasteiger charge is 2.09. The largest absolute Gasteiger partial charge is 0.506 e. The number of rotatable bonds is 2. The molecule has 5 nitrogen and oxygen atoms in total. The molecule has 1 unspecified atom stereocenters. The summed E-state index contributed by atoms with van der Waals surface area (Å²) in [6.45, 7) is 1.86. The number of aromatic hydroxyl groups is 1. The normalized spacial score (nSPS) is 12.9. The summed E-state index contributed by atoms with van der Waals surface area (Å²) in [5, 5.41) is 12.9. The van der Waals surface area contributed by atoms with Crippen LogP contribution in [0.15, 0.2) is 29.3 Å². The van der Waals surface area contributed by atoms with E-state index < -0.39 is 0 Å². The summed E-state index contributed by atoms with van der Waals surface area (Å²) < 4.78 is 1.49. The molecule has 1 aromatic heterocycles. The van der Waals surface area contributed by atoms with Crippen molar-refractivity contribution in [1.29, 1.82) is 0 Å². The molecule has 2 aromatic rings. The van der Waals surface area contributed by atoms with Gasteiger partial charge in [0.1, 0.15) is 11.3 Å². The van der Waals surface area contributed by atoms with Crippen molar-refractivity contribution in [3.8, 4) is 5.75 Å². The lowest BCUT2D eigenvalue weighted by molar-refractivity contribution is 0.458. The molecule has 0 saturated heterocycles. The van der Waals surface area contributed by atoms with Crippen molar-refractivity contribution in [1.82, 2.24) is 14.9 Å². The average Bonchev–Trinajstić information content (AvgIpc) is 2.30. The van der Waals surface area contributed by atoms with E-state index >= 15 is 0 Å². The molecule has 0 saturated carbocycles. The molecule has 0 aliphatic heterocycles. The first kappa shape index (κ1) is 10.6. The van der Waals surface area contributed by atoms with Crippen molar-refractivity contribution >= 4 is 10.9 Å². The molecule has 0 bridgehead atoms. The van der Waals surface area contributed by atoms with E-state index in [9.17, 15) is 9.90 Å². The molecular formula is C11H13N3O2. The fourth-order valence-electron chi connectivity index (χ4n) is 1.57. The Bertz CT molecular complexity index is 577. The summed E-state index contributed by atoms with van der Waals surface area (Å²) in [7, 11) is 1.77. The number of para-hydroxylation sites is 1. The molecule has 1 atom stereocenters. The maximum Gasteiger partial charge on any atom is 0.262 e. The van der Waals surface area contributed by atoms with Gasteiger partial charge in [-0.2, -0.15) is 0 Å². The zero-order valence-electron chi connectivity index (χ0n) is 9.14. The third kappa shape index (κ3) is 1.55.